The molecule has 1 fully saturated rings. The number of methoxy groups -OCH3 is 1. The Morgan fingerprint density at radius 1 is 1.18 bits per heavy atom. The van der Waals surface area contributed by atoms with Crippen LogP contribution in [0.4, 0.5) is 5.95 Å². The molecule has 2 aliphatic carbocycles. The second kappa shape index (κ2) is 14.1. The summed E-state index contributed by atoms with van der Waals surface area (Å²) in [7, 11) is 1.33. The SMILES string of the molecule is COc1cccc2c1C(=O)c1c(O)c3c(c(O)c1C2=O)CC(O)(C(C)=O)CC3OC1CC(NCCOCCn2ccnc2[N+](=O)[O-])C(O)C(C)O1. The first-order valence-corrected chi connectivity index (χ1v) is 16.3. The number of phenolic OH excluding ortho intramolecular Hbond substituents is 2. The number of ether oxygens (including phenoxy) is 4. The average molecular weight is 711 g/mol. The minimum Gasteiger partial charge on any atom is -0.507 e. The molecular formula is C34H38N4O13. The molecule has 1 saturated heterocycles. The fourth-order valence-electron chi connectivity index (χ4n) is 7.06. The minimum atomic E-state index is -2.06. The van der Waals surface area contributed by atoms with E-state index < -0.39 is 87.6 Å². The van der Waals surface area contributed by atoms with Crippen LogP contribution >= 0.6 is 0 Å². The highest BCUT2D eigenvalue weighted by atomic mass is 16.7. The molecule has 2 aromatic carbocycles. The van der Waals surface area contributed by atoms with Crippen molar-refractivity contribution in [2.75, 3.05) is 26.9 Å². The number of carbonyl (C=O) groups is 3. The van der Waals surface area contributed by atoms with Gasteiger partial charge in [-0.2, -0.15) is 0 Å². The van der Waals surface area contributed by atoms with Crippen LogP contribution in [0.25, 0.3) is 0 Å². The molecule has 17 nitrogen and oxygen atoms in total. The van der Waals surface area contributed by atoms with Crippen molar-refractivity contribution < 1.29 is 58.7 Å². The summed E-state index contributed by atoms with van der Waals surface area (Å²) in [6, 6.07) is 3.82. The number of imidazole rings is 1. The van der Waals surface area contributed by atoms with Crippen molar-refractivity contribution in [1.82, 2.24) is 14.9 Å². The lowest BCUT2D eigenvalue weighted by Crippen LogP contribution is -2.55. The maximum Gasteiger partial charge on any atom is 0.434 e. The summed E-state index contributed by atoms with van der Waals surface area (Å²) in [6.45, 7) is 3.66. The fourth-order valence-corrected chi connectivity index (χ4v) is 7.06. The predicted octanol–water partition coefficient (Wildman–Crippen LogP) is 1.48. The van der Waals surface area contributed by atoms with E-state index in [1.54, 1.807) is 6.92 Å². The lowest BCUT2D eigenvalue weighted by atomic mass is 9.72. The molecule has 51 heavy (non-hydrogen) atoms. The van der Waals surface area contributed by atoms with Gasteiger partial charge in [0.1, 0.15) is 35.2 Å². The summed E-state index contributed by atoms with van der Waals surface area (Å²) < 4.78 is 24.5. The molecule has 6 rings (SSSR count). The quantitative estimate of drug-likeness (QED) is 0.0605. The zero-order valence-electron chi connectivity index (χ0n) is 28.0. The molecule has 1 aliphatic heterocycles. The first kappa shape index (κ1) is 36.0. The number of benzene rings is 2. The Balaban J connectivity index is 1.22. The van der Waals surface area contributed by atoms with E-state index in [2.05, 4.69) is 10.3 Å². The van der Waals surface area contributed by atoms with Crippen LogP contribution in [-0.4, -0.2) is 109 Å². The predicted molar refractivity (Wildman–Crippen MR) is 174 cm³/mol. The van der Waals surface area contributed by atoms with E-state index in [1.807, 2.05) is 0 Å². The van der Waals surface area contributed by atoms with Crippen molar-refractivity contribution >= 4 is 23.3 Å². The monoisotopic (exact) mass is 710 g/mol. The molecule has 0 saturated carbocycles. The summed E-state index contributed by atoms with van der Waals surface area (Å²) >= 11 is 0. The number of aromatic nitrogens is 2. The number of Topliss-reactive ketones (excluding diaryl/α,β-unsaturated/α-hetero) is 1. The molecule has 5 N–H and O–H groups in total. The van der Waals surface area contributed by atoms with Crippen molar-refractivity contribution in [3.63, 3.8) is 0 Å². The Labute approximate surface area is 290 Å². The molecular weight excluding hydrogens is 672 g/mol. The van der Waals surface area contributed by atoms with Crippen molar-refractivity contribution in [3.05, 3.63) is 74.1 Å². The minimum absolute atomic E-state index is 0.0405. The van der Waals surface area contributed by atoms with E-state index in [1.165, 1.54) is 49.2 Å². The van der Waals surface area contributed by atoms with Crippen LogP contribution in [0.5, 0.6) is 17.2 Å². The standard InChI is InChI=1S/C34H38N4O13/c1-16-28(40)20(35-8-11-49-12-10-37-9-7-36-33(37)38(46)47)13-23(50-16)51-22-15-34(45,17(2)39)14-19-25(22)32(44)27-26(30(19)42)29(41)18-5-4-6-21(48-3)24(18)31(27)43/h4-7,9,16,20,22-23,28,35,40,42,44-45H,8,10-15H2,1-3H3. The normalized spacial score (nSPS) is 25.5. The zero-order chi connectivity index (χ0) is 36.8. The van der Waals surface area contributed by atoms with E-state index in [9.17, 15) is 44.9 Å². The number of nitrogens with zero attached hydrogens (tertiary/aromatic N) is 3. The molecule has 1 aromatic heterocycles. The lowest BCUT2D eigenvalue weighted by Gasteiger charge is -2.43. The van der Waals surface area contributed by atoms with Gasteiger partial charge in [0.05, 0.1) is 61.9 Å². The first-order valence-electron chi connectivity index (χ1n) is 16.3. The second-order valence-electron chi connectivity index (χ2n) is 12.8. The van der Waals surface area contributed by atoms with E-state index >= 15 is 0 Å². The molecule has 0 radical (unpaired) electrons. The van der Waals surface area contributed by atoms with Gasteiger partial charge in [-0.05, 0) is 24.8 Å². The number of rotatable bonds is 12. The summed E-state index contributed by atoms with van der Waals surface area (Å²) in [5, 5.41) is 59.8. The van der Waals surface area contributed by atoms with Gasteiger partial charge in [-0.1, -0.05) is 17.1 Å². The third kappa shape index (κ3) is 6.47. The lowest BCUT2D eigenvalue weighted by molar-refractivity contribution is -0.396. The maximum atomic E-state index is 13.9. The van der Waals surface area contributed by atoms with Gasteiger partial charge in [0.15, 0.2) is 17.9 Å². The third-order valence-corrected chi connectivity index (χ3v) is 9.74. The summed E-state index contributed by atoms with van der Waals surface area (Å²) in [5.74, 6) is -3.65. The van der Waals surface area contributed by atoms with Crippen LogP contribution in [0.3, 0.4) is 0 Å². The number of fused-ring (bicyclic) bond motifs is 3. The largest absolute Gasteiger partial charge is 0.507 e. The molecule has 0 spiro atoms. The number of hydrogen-bond donors (Lipinski definition) is 5. The number of nitrogens with one attached hydrogen (secondary N) is 1. The summed E-state index contributed by atoms with van der Waals surface area (Å²) in [4.78, 5) is 54.5. The molecule has 3 aromatic rings. The summed E-state index contributed by atoms with van der Waals surface area (Å²) in [5.41, 5.74) is -3.29. The van der Waals surface area contributed by atoms with Gasteiger partial charge in [0.2, 0.25) is 5.78 Å². The van der Waals surface area contributed by atoms with Gasteiger partial charge in [-0.3, -0.25) is 14.4 Å². The van der Waals surface area contributed by atoms with Crippen LogP contribution in [0, 0.1) is 10.1 Å². The van der Waals surface area contributed by atoms with Gasteiger partial charge in [0.25, 0.3) is 0 Å². The van der Waals surface area contributed by atoms with Crippen LogP contribution in [0.15, 0.2) is 30.6 Å². The van der Waals surface area contributed by atoms with Gasteiger partial charge in [-0.15, -0.1) is 0 Å². The first-order chi connectivity index (χ1) is 24.3. The Hall–Kier alpha value is -4.78. The van der Waals surface area contributed by atoms with E-state index in [0.29, 0.717) is 0 Å². The number of phenols is 2. The Morgan fingerprint density at radius 2 is 1.92 bits per heavy atom. The Bertz CT molecular complexity index is 1890. The zero-order valence-corrected chi connectivity index (χ0v) is 28.0. The van der Waals surface area contributed by atoms with E-state index in [-0.39, 0.29) is 73.1 Å². The molecule has 3 aliphatic rings. The molecule has 0 bridgehead atoms. The van der Waals surface area contributed by atoms with E-state index in [4.69, 9.17) is 18.9 Å². The highest BCUT2D eigenvalue weighted by Crippen LogP contribution is 2.52. The molecule has 6 atom stereocenters. The van der Waals surface area contributed by atoms with Crippen LogP contribution < -0.4 is 10.1 Å². The Kier molecular flexibility index (Phi) is 9.95. The van der Waals surface area contributed by atoms with Gasteiger partial charge in [0, 0.05) is 48.5 Å². The van der Waals surface area contributed by atoms with E-state index in [0.717, 1.165) is 0 Å². The number of carbonyl (C=O) groups excluding carboxylic acids is 3. The van der Waals surface area contributed by atoms with Gasteiger partial charge >= 0.3 is 5.95 Å². The summed E-state index contributed by atoms with van der Waals surface area (Å²) in [6.07, 6.45) is -2.07. The van der Waals surface area contributed by atoms with Crippen LogP contribution in [0.2, 0.25) is 0 Å². The molecule has 17 heteroatoms. The fraction of sp³-hybridized carbons (Fsp3) is 0.471. The van der Waals surface area contributed by atoms with Crippen molar-refractivity contribution in [2.24, 2.45) is 0 Å². The number of ketones is 3. The highest BCUT2D eigenvalue weighted by Gasteiger charge is 2.49. The number of nitro groups is 1. The van der Waals surface area contributed by atoms with Gasteiger partial charge in [-0.25, -0.2) is 4.57 Å². The van der Waals surface area contributed by atoms with Crippen LogP contribution in [-0.2, 0) is 32.0 Å². The number of hydrogen-bond acceptors (Lipinski definition) is 15. The molecule has 6 unspecified atom stereocenters. The third-order valence-electron chi connectivity index (χ3n) is 9.74. The number of aliphatic hydroxyl groups excluding tert-OH is 1. The molecule has 2 heterocycles. The smallest absolute Gasteiger partial charge is 0.434 e. The average Bonchev–Trinajstić information content (AvgIpc) is 3.57. The Morgan fingerprint density at radius 3 is 2.63 bits per heavy atom. The topological polar surface area (TPSA) is 242 Å². The van der Waals surface area contributed by atoms with Crippen molar-refractivity contribution in [1.29, 1.82) is 0 Å². The van der Waals surface area contributed by atoms with Crippen molar-refractivity contribution in [3.8, 4) is 17.2 Å². The van der Waals surface area contributed by atoms with Crippen molar-refractivity contribution in [2.45, 2.75) is 75.9 Å². The van der Waals surface area contributed by atoms with Crippen LogP contribution in [0.1, 0.15) is 75.8 Å². The second-order valence-corrected chi connectivity index (χ2v) is 12.8. The van der Waals surface area contributed by atoms with Gasteiger partial charge < -0.3 is 54.8 Å². The highest BCUT2D eigenvalue weighted by molar-refractivity contribution is 6.31. The molecule has 272 valence electrons. The number of aromatic hydroxyl groups is 2. The maximum absolute atomic E-state index is 13.9. The molecule has 0 amide bonds. The number of aliphatic hydroxyl groups is 2.